The van der Waals surface area contributed by atoms with E-state index in [0.717, 1.165) is 18.7 Å². The molecule has 23 heavy (non-hydrogen) atoms. The van der Waals surface area contributed by atoms with E-state index < -0.39 is 0 Å². The van der Waals surface area contributed by atoms with Crippen molar-refractivity contribution in [1.29, 1.82) is 0 Å². The molecule has 1 aliphatic heterocycles. The van der Waals surface area contributed by atoms with Gasteiger partial charge in [0, 0.05) is 26.2 Å². The molecule has 0 amide bonds. The highest BCUT2D eigenvalue weighted by atomic mass is 127. The van der Waals surface area contributed by atoms with Crippen LogP contribution in [0.25, 0.3) is 0 Å². The fraction of sp³-hybridized carbons (Fsp3) is 0.562. The average molecular weight is 434 g/mol. The van der Waals surface area contributed by atoms with Crippen molar-refractivity contribution >= 4 is 35.6 Å². The Morgan fingerprint density at radius 2 is 2.09 bits per heavy atom. The van der Waals surface area contributed by atoms with Crippen molar-refractivity contribution in [2.45, 2.75) is 25.4 Å². The zero-order valence-corrected chi connectivity index (χ0v) is 15.7. The van der Waals surface area contributed by atoms with Crippen LogP contribution in [0.3, 0.4) is 0 Å². The van der Waals surface area contributed by atoms with Crippen LogP contribution in [0.4, 0.5) is 10.1 Å². The Morgan fingerprint density at radius 3 is 2.70 bits per heavy atom. The lowest BCUT2D eigenvalue weighted by atomic mass is 10.1. The summed E-state index contributed by atoms with van der Waals surface area (Å²) >= 11 is 0. The van der Waals surface area contributed by atoms with E-state index in [1.807, 2.05) is 29.0 Å². The fourth-order valence-electron chi connectivity index (χ4n) is 2.64. The molecule has 1 saturated carbocycles. The van der Waals surface area contributed by atoms with Gasteiger partial charge in [-0.2, -0.15) is 0 Å². The second-order valence-electron chi connectivity index (χ2n) is 5.90. The normalized spacial score (nSPS) is 18.5. The molecule has 0 aromatic heterocycles. The smallest absolute Gasteiger partial charge is 0.191 e. The summed E-state index contributed by atoms with van der Waals surface area (Å²) in [6.07, 6.45) is 2.35. The van der Waals surface area contributed by atoms with Crippen LogP contribution in [0.15, 0.2) is 23.2 Å². The largest absolute Gasteiger partial charge is 0.378 e. The molecule has 0 bridgehead atoms. The maximum absolute atomic E-state index is 14.3. The van der Waals surface area contributed by atoms with Crippen molar-refractivity contribution in [2.24, 2.45) is 10.7 Å². The van der Waals surface area contributed by atoms with Crippen LogP contribution in [-0.4, -0.2) is 50.3 Å². The Balaban J connectivity index is 0.00000192. The number of halogens is 2. The van der Waals surface area contributed by atoms with E-state index >= 15 is 0 Å². The molecule has 2 fully saturated rings. The lowest BCUT2D eigenvalue weighted by molar-refractivity contribution is 0.122. The highest BCUT2D eigenvalue weighted by Gasteiger charge is 2.27. The molecule has 3 rings (SSSR count). The van der Waals surface area contributed by atoms with Gasteiger partial charge >= 0.3 is 0 Å². The first-order chi connectivity index (χ1) is 10.6. The molecule has 2 N–H and O–H groups in total. The van der Waals surface area contributed by atoms with Gasteiger partial charge in [-0.05, 0) is 30.5 Å². The monoisotopic (exact) mass is 434 g/mol. The third kappa shape index (κ3) is 4.69. The van der Waals surface area contributed by atoms with Crippen LogP contribution in [0.5, 0.6) is 0 Å². The molecular weight excluding hydrogens is 410 g/mol. The van der Waals surface area contributed by atoms with E-state index in [2.05, 4.69) is 4.99 Å². The summed E-state index contributed by atoms with van der Waals surface area (Å²) < 4.78 is 19.6. The number of rotatable bonds is 4. The average Bonchev–Trinajstić information content (AvgIpc) is 3.37. The van der Waals surface area contributed by atoms with Gasteiger partial charge in [0.2, 0.25) is 0 Å². The number of nitrogens with zero attached hydrogens (tertiary/aromatic N) is 3. The minimum absolute atomic E-state index is 0. The highest BCUT2D eigenvalue weighted by Crippen LogP contribution is 2.25. The number of guanidine groups is 1. The van der Waals surface area contributed by atoms with E-state index in [1.165, 1.54) is 12.8 Å². The van der Waals surface area contributed by atoms with Crippen LogP contribution in [0.2, 0.25) is 0 Å². The lowest BCUT2D eigenvalue weighted by Crippen LogP contribution is -2.36. The predicted molar refractivity (Wildman–Crippen MR) is 101 cm³/mol. The molecule has 0 atom stereocenters. The zero-order chi connectivity index (χ0) is 15.5. The maximum Gasteiger partial charge on any atom is 0.191 e. The molecule has 0 spiro atoms. The molecule has 2 aliphatic rings. The second kappa shape index (κ2) is 8.14. The van der Waals surface area contributed by atoms with Crippen molar-refractivity contribution < 1.29 is 9.13 Å². The summed E-state index contributed by atoms with van der Waals surface area (Å²) in [6.45, 7) is 3.16. The molecular formula is C16H24FIN4O. The Kier molecular flexibility index (Phi) is 6.46. The number of benzene rings is 1. The predicted octanol–water partition coefficient (Wildman–Crippen LogP) is 2.19. The standard InChI is InChI=1S/C16H23FN4O.HI/c1-20(13-3-4-13)16(18)19-11-12-2-5-15(14(17)10-12)21-6-8-22-9-7-21;/h2,5,10,13H,3-4,6-9,11H2,1H3,(H2,18,19);1H. The molecule has 5 nitrogen and oxygen atoms in total. The Bertz CT molecular complexity index is 559. The highest BCUT2D eigenvalue weighted by molar-refractivity contribution is 14.0. The van der Waals surface area contributed by atoms with Gasteiger partial charge in [0.1, 0.15) is 5.82 Å². The van der Waals surface area contributed by atoms with Crippen LogP contribution in [0.1, 0.15) is 18.4 Å². The topological polar surface area (TPSA) is 54.1 Å². The Morgan fingerprint density at radius 1 is 1.39 bits per heavy atom. The number of hydrogen-bond acceptors (Lipinski definition) is 3. The number of morpholine rings is 1. The van der Waals surface area contributed by atoms with Gasteiger partial charge < -0.3 is 20.3 Å². The van der Waals surface area contributed by atoms with Gasteiger partial charge in [-0.15, -0.1) is 24.0 Å². The summed E-state index contributed by atoms with van der Waals surface area (Å²) in [5, 5.41) is 0. The third-order valence-corrected chi connectivity index (χ3v) is 4.24. The first kappa shape index (κ1) is 18.3. The van der Waals surface area contributed by atoms with Gasteiger partial charge in [-0.3, -0.25) is 0 Å². The lowest BCUT2D eigenvalue weighted by Gasteiger charge is -2.29. The van der Waals surface area contributed by atoms with Gasteiger partial charge in [0.25, 0.3) is 0 Å². The van der Waals surface area contributed by atoms with Crippen LogP contribution in [-0.2, 0) is 11.3 Å². The number of ether oxygens (including phenoxy) is 1. The van der Waals surface area contributed by atoms with Crippen molar-refractivity contribution in [3.05, 3.63) is 29.6 Å². The number of aliphatic imine (C=N–C) groups is 1. The van der Waals surface area contributed by atoms with Crippen molar-refractivity contribution in [3.63, 3.8) is 0 Å². The SMILES string of the molecule is CN(C(N)=NCc1ccc(N2CCOCC2)c(F)c1)C1CC1.I. The zero-order valence-electron chi connectivity index (χ0n) is 13.4. The van der Waals surface area contributed by atoms with Crippen molar-refractivity contribution in [2.75, 3.05) is 38.3 Å². The molecule has 1 aromatic carbocycles. The van der Waals surface area contributed by atoms with Gasteiger partial charge in [0.15, 0.2) is 5.96 Å². The molecule has 7 heteroatoms. The molecule has 0 unspecified atom stereocenters. The number of nitrogens with two attached hydrogens (primary N) is 1. The molecule has 0 radical (unpaired) electrons. The van der Waals surface area contributed by atoms with E-state index in [-0.39, 0.29) is 29.8 Å². The van der Waals surface area contributed by atoms with Crippen LogP contribution < -0.4 is 10.6 Å². The second-order valence-corrected chi connectivity index (χ2v) is 5.90. The first-order valence-electron chi connectivity index (χ1n) is 7.79. The Hall–Kier alpha value is -1.09. The summed E-state index contributed by atoms with van der Waals surface area (Å²) in [7, 11) is 1.96. The van der Waals surface area contributed by atoms with E-state index in [9.17, 15) is 4.39 Å². The van der Waals surface area contributed by atoms with Gasteiger partial charge in [-0.1, -0.05) is 6.07 Å². The van der Waals surface area contributed by atoms with Crippen LogP contribution >= 0.6 is 24.0 Å². The van der Waals surface area contributed by atoms with Gasteiger partial charge in [0.05, 0.1) is 25.4 Å². The van der Waals surface area contributed by atoms with E-state index in [0.29, 0.717) is 37.4 Å². The summed E-state index contributed by atoms with van der Waals surface area (Å²) in [4.78, 5) is 8.37. The molecule has 1 heterocycles. The summed E-state index contributed by atoms with van der Waals surface area (Å²) in [5.74, 6) is 0.323. The summed E-state index contributed by atoms with van der Waals surface area (Å²) in [5.41, 5.74) is 7.42. The van der Waals surface area contributed by atoms with Gasteiger partial charge in [-0.25, -0.2) is 9.38 Å². The molecule has 1 aromatic rings. The van der Waals surface area contributed by atoms with Crippen molar-refractivity contribution in [3.8, 4) is 0 Å². The maximum atomic E-state index is 14.3. The first-order valence-corrected chi connectivity index (χ1v) is 7.79. The molecule has 1 aliphatic carbocycles. The third-order valence-electron chi connectivity index (χ3n) is 4.24. The van der Waals surface area contributed by atoms with E-state index in [1.54, 1.807) is 6.07 Å². The number of anilines is 1. The Labute approximate surface area is 153 Å². The molecule has 1 saturated heterocycles. The van der Waals surface area contributed by atoms with Crippen molar-refractivity contribution in [1.82, 2.24) is 4.90 Å². The molecule has 128 valence electrons. The minimum Gasteiger partial charge on any atom is -0.378 e. The summed E-state index contributed by atoms with van der Waals surface area (Å²) in [6, 6.07) is 5.83. The number of hydrogen-bond donors (Lipinski definition) is 1. The van der Waals surface area contributed by atoms with E-state index in [4.69, 9.17) is 10.5 Å². The minimum atomic E-state index is -0.205. The van der Waals surface area contributed by atoms with Crippen LogP contribution in [0, 0.1) is 5.82 Å². The fourth-order valence-corrected chi connectivity index (χ4v) is 2.64. The quantitative estimate of drug-likeness (QED) is 0.449.